The van der Waals surface area contributed by atoms with E-state index in [1.807, 2.05) is 12.1 Å². The van der Waals surface area contributed by atoms with Gasteiger partial charge in [0.25, 0.3) is 5.91 Å². The van der Waals surface area contributed by atoms with E-state index >= 15 is 0 Å². The Morgan fingerprint density at radius 3 is 2.73 bits per heavy atom. The first-order chi connectivity index (χ1) is 15.8. The average Bonchev–Trinajstić information content (AvgIpc) is 3.06. The van der Waals surface area contributed by atoms with Crippen LogP contribution in [0.5, 0.6) is 5.75 Å². The third-order valence-corrected chi connectivity index (χ3v) is 8.32. The van der Waals surface area contributed by atoms with Crippen LogP contribution >= 0.6 is 0 Å². The number of hydrogen-bond acceptors (Lipinski definition) is 4. The molecule has 8 heteroatoms. The van der Waals surface area contributed by atoms with Gasteiger partial charge in [0.1, 0.15) is 17.5 Å². The molecule has 2 aliphatic heterocycles. The Morgan fingerprint density at radius 2 is 1.97 bits per heavy atom. The predicted molar refractivity (Wildman–Crippen MR) is 118 cm³/mol. The van der Waals surface area contributed by atoms with Gasteiger partial charge in [0, 0.05) is 24.7 Å². The monoisotopic (exact) mass is 456 g/mol. The SMILES string of the molecule is O=C1CCC(N2Cc3cc(OC4CCCCC4NCC45CC(F)(C4)C5)ccc3C2=O)C(O)=[NH+]1. The van der Waals surface area contributed by atoms with Crippen molar-refractivity contribution in [3.05, 3.63) is 29.3 Å². The predicted octanol–water partition coefficient (Wildman–Crippen LogP) is 1.54. The van der Waals surface area contributed by atoms with Crippen LogP contribution in [0.1, 0.15) is 73.7 Å². The number of halogens is 1. The minimum absolute atomic E-state index is 0.0580. The quantitative estimate of drug-likeness (QED) is 0.604. The first kappa shape index (κ1) is 21.1. The molecule has 3 atom stereocenters. The van der Waals surface area contributed by atoms with Gasteiger partial charge in [-0.15, -0.1) is 4.99 Å². The number of hydrogen-bond donors (Lipinski definition) is 3. The molecular formula is C25H31FN3O4+. The van der Waals surface area contributed by atoms with Crippen molar-refractivity contribution < 1.29 is 28.8 Å². The number of nitrogens with zero attached hydrogens (tertiary/aromatic N) is 1. The molecule has 33 heavy (non-hydrogen) atoms. The van der Waals surface area contributed by atoms with Gasteiger partial charge in [-0.1, -0.05) is 6.42 Å². The summed E-state index contributed by atoms with van der Waals surface area (Å²) in [5.74, 6) is 0.242. The van der Waals surface area contributed by atoms with Gasteiger partial charge in [0.05, 0.1) is 6.42 Å². The van der Waals surface area contributed by atoms with Crippen molar-refractivity contribution in [1.82, 2.24) is 10.2 Å². The van der Waals surface area contributed by atoms with Gasteiger partial charge < -0.3 is 20.1 Å². The van der Waals surface area contributed by atoms with Crippen molar-refractivity contribution >= 4 is 17.7 Å². The zero-order valence-corrected chi connectivity index (χ0v) is 18.7. The molecule has 4 fully saturated rings. The van der Waals surface area contributed by atoms with Crippen molar-refractivity contribution in [2.24, 2.45) is 5.41 Å². The lowest BCUT2D eigenvalue weighted by atomic mass is 9.42. The molecule has 3 unspecified atom stereocenters. The number of carbonyl (C=O) groups excluding carboxylic acids is 2. The fourth-order valence-electron chi connectivity index (χ4n) is 6.68. The van der Waals surface area contributed by atoms with Crippen molar-refractivity contribution in [1.29, 1.82) is 0 Å². The van der Waals surface area contributed by atoms with Gasteiger partial charge >= 0.3 is 11.8 Å². The molecule has 0 aromatic heterocycles. The fraction of sp³-hybridized carbons (Fsp3) is 0.640. The lowest BCUT2D eigenvalue weighted by Crippen LogP contribution is -2.82. The summed E-state index contributed by atoms with van der Waals surface area (Å²) >= 11 is 0. The van der Waals surface area contributed by atoms with E-state index in [9.17, 15) is 19.1 Å². The number of carbonyl (C=O) groups is 2. The van der Waals surface area contributed by atoms with Crippen molar-refractivity contribution in [3.63, 3.8) is 0 Å². The van der Waals surface area contributed by atoms with Crippen LogP contribution in [0.15, 0.2) is 18.2 Å². The maximum Gasteiger partial charge on any atom is 0.388 e. The third kappa shape index (κ3) is 3.63. The van der Waals surface area contributed by atoms with E-state index in [2.05, 4.69) is 10.3 Å². The number of amides is 2. The zero-order chi connectivity index (χ0) is 22.8. The largest absolute Gasteiger partial charge is 0.489 e. The molecule has 6 aliphatic rings. The van der Waals surface area contributed by atoms with E-state index in [1.54, 1.807) is 11.0 Å². The maximum absolute atomic E-state index is 13.9. The number of alkyl halides is 1. The second-order valence-electron chi connectivity index (χ2n) is 10.8. The number of benzene rings is 1. The van der Waals surface area contributed by atoms with Crippen molar-refractivity contribution in [2.75, 3.05) is 6.54 Å². The minimum atomic E-state index is -0.863. The van der Waals surface area contributed by atoms with Gasteiger partial charge in [-0.3, -0.25) is 4.79 Å². The van der Waals surface area contributed by atoms with Gasteiger partial charge in [0.2, 0.25) is 0 Å². The standard InChI is InChI=1S/C25H30FN3O4/c26-25-11-24(12-25,13-25)14-27-18-3-1-2-4-20(18)33-16-5-6-17-15(9-16)10-29(23(17)32)19-7-8-21(30)28-22(19)31/h5-6,9,18-20,27H,1-4,7-8,10-14H2,(H,28,30,31)/p+1. The molecule has 7 nitrogen and oxygen atoms in total. The van der Waals surface area contributed by atoms with Crippen LogP contribution in [0.3, 0.4) is 0 Å². The Morgan fingerprint density at radius 1 is 1.18 bits per heavy atom. The first-order valence-electron chi connectivity index (χ1n) is 12.2. The Hall–Kier alpha value is -2.48. The lowest BCUT2D eigenvalue weighted by Gasteiger charge is -2.66. The lowest BCUT2D eigenvalue weighted by molar-refractivity contribution is -0.394. The highest BCUT2D eigenvalue weighted by Gasteiger charge is 2.68. The Bertz CT molecular complexity index is 1020. The molecule has 4 saturated carbocycles. The van der Waals surface area contributed by atoms with Crippen molar-refractivity contribution in [2.45, 2.75) is 88.2 Å². The van der Waals surface area contributed by atoms with Crippen LogP contribution in [0.2, 0.25) is 0 Å². The molecule has 2 amide bonds. The summed E-state index contributed by atoms with van der Waals surface area (Å²) in [5, 5.41) is 13.9. The summed E-state index contributed by atoms with van der Waals surface area (Å²) in [6.07, 6.45) is 7.21. The number of ether oxygens (including phenoxy) is 1. The molecule has 0 saturated heterocycles. The summed E-state index contributed by atoms with van der Waals surface area (Å²) in [6.45, 7) is 1.25. The number of nitrogens with one attached hydrogen (secondary N) is 2. The number of fused-ring (bicyclic) bond motifs is 1. The molecular weight excluding hydrogens is 425 g/mol. The summed E-state index contributed by atoms with van der Waals surface area (Å²) in [4.78, 5) is 28.5. The highest BCUT2D eigenvalue weighted by atomic mass is 19.1. The molecule has 176 valence electrons. The minimum Gasteiger partial charge on any atom is -0.489 e. The molecule has 2 heterocycles. The second-order valence-corrected chi connectivity index (χ2v) is 10.8. The van der Waals surface area contributed by atoms with Gasteiger partial charge in [-0.25, -0.2) is 9.18 Å². The second kappa shape index (κ2) is 7.52. The molecule has 2 bridgehead atoms. The highest BCUT2D eigenvalue weighted by Crippen LogP contribution is 2.69. The normalized spacial score (nSPS) is 37.2. The molecule has 0 spiro atoms. The van der Waals surface area contributed by atoms with Gasteiger partial charge in [-0.05, 0) is 74.1 Å². The first-order valence-corrected chi connectivity index (χ1v) is 12.2. The third-order valence-electron chi connectivity index (χ3n) is 8.32. The summed E-state index contributed by atoms with van der Waals surface area (Å²) in [5.41, 5.74) is 0.811. The van der Waals surface area contributed by atoms with E-state index in [4.69, 9.17) is 4.74 Å². The fourth-order valence-corrected chi connectivity index (χ4v) is 6.68. The number of aliphatic hydroxyl groups is 1. The molecule has 3 N–H and O–H groups in total. The van der Waals surface area contributed by atoms with Crippen molar-refractivity contribution in [3.8, 4) is 5.75 Å². The molecule has 7 rings (SSSR count). The maximum atomic E-state index is 13.9. The van der Waals surface area contributed by atoms with Crippen LogP contribution in [0.4, 0.5) is 4.39 Å². The summed E-state index contributed by atoms with van der Waals surface area (Å²) in [6, 6.07) is 5.35. The van der Waals surface area contributed by atoms with Gasteiger partial charge in [0.15, 0.2) is 6.04 Å². The van der Waals surface area contributed by atoms with Crippen LogP contribution < -0.4 is 15.0 Å². The summed E-state index contributed by atoms with van der Waals surface area (Å²) in [7, 11) is 0. The van der Waals surface area contributed by atoms with E-state index in [0.29, 0.717) is 37.8 Å². The zero-order valence-electron chi connectivity index (χ0n) is 18.7. The van der Waals surface area contributed by atoms with E-state index in [-0.39, 0.29) is 41.7 Å². The average molecular weight is 457 g/mol. The topological polar surface area (TPSA) is 92.8 Å². The summed E-state index contributed by atoms with van der Waals surface area (Å²) < 4.78 is 20.3. The van der Waals surface area contributed by atoms with Gasteiger partial charge in [-0.2, -0.15) is 0 Å². The molecule has 0 radical (unpaired) electrons. The van der Waals surface area contributed by atoms with Crippen LogP contribution in [0, 0.1) is 5.41 Å². The van der Waals surface area contributed by atoms with E-state index < -0.39 is 11.7 Å². The highest BCUT2D eigenvalue weighted by molar-refractivity contribution is 6.01. The van der Waals surface area contributed by atoms with Crippen LogP contribution in [-0.4, -0.2) is 58.1 Å². The molecule has 1 aromatic rings. The number of aliphatic hydroxyl groups excluding tert-OH is 1. The molecule has 1 aromatic carbocycles. The van der Waals surface area contributed by atoms with Crippen LogP contribution in [0.25, 0.3) is 0 Å². The Labute approximate surface area is 192 Å². The van der Waals surface area contributed by atoms with E-state index in [1.165, 1.54) is 6.42 Å². The Balaban J connectivity index is 1.12. The van der Waals surface area contributed by atoms with Crippen LogP contribution in [-0.2, 0) is 11.3 Å². The Kier molecular flexibility index (Phi) is 4.80. The smallest absolute Gasteiger partial charge is 0.388 e. The molecule has 4 aliphatic carbocycles. The van der Waals surface area contributed by atoms with E-state index in [0.717, 1.165) is 37.1 Å². The number of rotatable bonds is 6.